The summed E-state index contributed by atoms with van der Waals surface area (Å²) in [4.78, 5) is 36.5. The quantitative estimate of drug-likeness (QED) is 0.401. The van der Waals surface area contributed by atoms with Crippen LogP contribution in [0.3, 0.4) is 0 Å². The molecule has 2 N–H and O–H groups in total. The van der Waals surface area contributed by atoms with Crippen molar-refractivity contribution in [1.29, 1.82) is 0 Å². The third kappa shape index (κ3) is 6.10. The first-order valence-corrected chi connectivity index (χ1v) is 10.1. The van der Waals surface area contributed by atoms with Crippen LogP contribution in [0.1, 0.15) is 33.2 Å². The summed E-state index contributed by atoms with van der Waals surface area (Å²) in [5.41, 5.74) is 1.98. The number of methoxy groups -OCH3 is 2. The van der Waals surface area contributed by atoms with Crippen LogP contribution in [0, 0.1) is 0 Å². The number of hydrogen-bond donors (Lipinski definition) is 2. The molecule has 0 aliphatic rings. The minimum Gasteiger partial charge on any atom is -0.496 e. The highest BCUT2D eigenvalue weighted by Gasteiger charge is 2.18. The summed E-state index contributed by atoms with van der Waals surface area (Å²) in [6.07, 6.45) is 0. The van der Waals surface area contributed by atoms with Crippen molar-refractivity contribution in [3.8, 4) is 17.2 Å². The zero-order chi connectivity index (χ0) is 23.8. The van der Waals surface area contributed by atoms with E-state index >= 15 is 0 Å². The number of amides is 2. The molecule has 0 bridgehead atoms. The van der Waals surface area contributed by atoms with Gasteiger partial charge in [-0.05, 0) is 48.0 Å². The van der Waals surface area contributed by atoms with Crippen molar-refractivity contribution in [2.45, 2.75) is 13.5 Å². The first kappa shape index (κ1) is 23.3. The van der Waals surface area contributed by atoms with Gasteiger partial charge in [-0.3, -0.25) is 14.4 Å². The molecule has 33 heavy (non-hydrogen) atoms. The summed E-state index contributed by atoms with van der Waals surface area (Å²) < 4.78 is 15.6. The monoisotopic (exact) mass is 448 g/mol. The van der Waals surface area contributed by atoms with Crippen LogP contribution < -0.4 is 24.8 Å². The molecule has 8 nitrogen and oxygen atoms in total. The van der Waals surface area contributed by atoms with Gasteiger partial charge in [-0.25, -0.2) is 0 Å². The van der Waals surface area contributed by atoms with Gasteiger partial charge in [0.25, 0.3) is 11.8 Å². The first-order chi connectivity index (χ1) is 15.9. The van der Waals surface area contributed by atoms with E-state index in [0.717, 1.165) is 5.56 Å². The van der Waals surface area contributed by atoms with Crippen LogP contribution >= 0.6 is 0 Å². The van der Waals surface area contributed by atoms with E-state index in [1.807, 2.05) is 6.07 Å². The van der Waals surface area contributed by atoms with Crippen LogP contribution in [0.15, 0.2) is 66.7 Å². The molecule has 170 valence electrons. The molecule has 0 saturated carbocycles. The molecule has 8 heteroatoms. The SMILES string of the molecule is COc1cccc(OC)c1C(=O)Nc1cccc(CNC(=O)c2cccc(OC(C)=O)c2)c1. The Hall–Kier alpha value is -4.33. The molecule has 0 aliphatic heterocycles. The summed E-state index contributed by atoms with van der Waals surface area (Å²) in [7, 11) is 2.97. The van der Waals surface area contributed by atoms with Gasteiger partial charge in [0.2, 0.25) is 0 Å². The predicted octanol–water partition coefficient (Wildman–Crippen LogP) is 3.81. The van der Waals surface area contributed by atoms with Crippen molar-refractivity contribution in [1.82, 2.24) is 5.32 Å². The summed E-state index contributed by atoms with van der Waals surface area (Å²) in [6.45, 7) is 1.53. The minimum atomic E-state index is -0.461. The van der Waals surface area contributed by atoms with Crippen molar-refractivity contribution in [2.24, 2.45) is 0 Å². The topological polar surface area (TPSA) is 103 Å². The maximum atomic E-state index is 12.9. The van der Waals surface area contributed by atoms with Crippen LogP contribution in [0.4, 0.5) is 5.69 Å². The molecule has 0 aromatic heterocycles. The van der Waals surface area contributed by atoms with E-state index in [1.54, 1.807) is 54.6 Å². The van der Waals surface area contributed by atoms with Gasteiger partial charge < -0.3 is 24.8 Å². The van der Waals surface area contributed by atoms with Crippen molar-refractivity contribution in [3.05, 3.63) is 83.4 Å². The van der Waals surface area contributed by atoms with Gasteiger partial charge >= 0.3 is 5.97 Å². The van der Waals surface area contributed by atoms with Crippen LogP contribution in [0.5, 0.6) is 17.2 Å². The molecule has 2 amide bonds. The first-order valence-electron chi connectivity index (χ1n) is 10.1. The van der Waals surface area contributed by atoms with Crippen molar-refractivity contribution < 1.29 is 28.6 Å². The van der Waals surface area contributed by atoms with Crippen LogP contribution in [-0.2, 0) is 11.3 Å². The normalized spacial score (nSPS) is 10.2. The van der Waals surface area contributed by atoms with E-state index < -0.39 is 5.97 Å². The largest absolute Gasteiger partial charge is 0.496 e. The van der Waals surface area contributed by atoms with Gasteiger partial charge in [-0.2, -0.15) is 0 Å². The van der Waals surface area contributed by atoms with Gasteiger partial charge in [-0.15, -0.1) is 0 Å². The minimum absolute atomic E-state index is 0.234. The molecule has 0 spiro atoms. The number of rotatable bonds is 8. The molecule has 3 rings (SSSR count). The number of anilines is 1. The Morgan fingerprint density at radius 3 is 2.15 bits per heavy atom. The molecule has 0 radical (unpaired) electrons. The maximum absolute atomic E-state index is 12.9. The van der Waals surface area contributed by atoms with Gasteiger partial charge in [-0.1, -0.05) is 24.3 Å². The molecule has 0 unspecified atom stereocenters. The Morgan fingerprint density at radius 2 is 1.48 bits per heavy atom. The molecule has 0 atom stereocenters. The lowest BCUT2D eigenvalue weighted by Gasteiger charge is -2.13. The fraction of sp³-hybridized carbons (Fsp3) is 0.160. The summed E-state index contributed by atoms with van der Waals surface area (Å²) in [6, 6.07) is 18.6. The van der Waals surface area contributed by atoms with E-state index in [9.17, 15) is 14.4 Å². The van der Waals surface area contributed by atoms with E-state index in [1.165, 1.54) is 27.2 Å². The lowest BCUT2D eigenvalue weighted by atomic mass is 10.1. The van der Waals surface area contributed by atoms with E-state index in [2.05, 4.69) is 10.6 Å². The van der Waals surface area contributed by atoms with Crippen LogP contribution in [0.25, 0.3) is 0 Å². The number of carbonyl (C=O) groups excluding carboxylic acids is 3. The number of hydrogen-bond acceptors (Lipinski definition) is 6. The number of carbonyl (C=O) groups is 3. The summed E-state index contributed by atoms with van der Waals surface area (Å²) in [5, 5.41) is 5.65. The second-order valence-electron chi connectivity index (χ2n) is 7.00. The van der Waals surface area contributed by atoms with Gasteiger partial charge in [0.05, 0.1) is 14.2 Å². The molecular weight excluding hydrogens is 424 g/mol. The number of nitrogens with one attached hydrogen (secondary N) is 2. The Labute approximate surface area is 191 Å². The van der Waals surface area contributed by atoms with Crippen molar-refractivity contribution >= 4 is 23.5 Å². The van der Waals surface area contributed by atoms with Crippen molar-refractivity contribution in [3.63, 3.8) is 0 Å². The molecule has 3 aromatic carbocycles. The average molecular weight is 448 g/mol. The highest BCUT2D eigenvalue weighted by molar-refractivity contribution is 6.08. The van der Waals surface area contributed by atoms with Gasteiger partial charge in [0.1, 0.15) is 22.8 Å². The predicted molar refractivity (Wildman–Crippen MR) is 123 cm³/mol. The second-order valence-corrected chi connectivity index (χ2v) is 7.00. The third-order valence-corrected chi connectivity index (χ3v) is 4.65. The number of ether oxygens (including phenoxy) is 3. The Morgan fingerprint density at radius 1 is 0.818 bits per heavy atom. The van der Waals surface area contributed by atoms with Gasteiger partial charge in [0, 0.05) is 24.7 Å². The maximum Gasteiger partial charge on any atom is 0.308 e. The number of esters is 1. The Bertz CT molecular complexity index is 1150. The highest BCUT2D eigenvalue weighted by Crippen LogP contribution is 2.29. The van der Waals surface area contributed by atoms with Crippen LogP contribution in [0.2, 0.25) is 0 Å². The van der Waals surface area contributed by atoms with Crippen LogP contribution in [-0.4, -0.2) is 32.0 Å². The fourth-order valence-electron chi connectivity index (χ4n) is 3.18. The molecule has 0 heterocycles. The summed E-state index contributed by atoms with van der Waals surface area (Å²) in [5.74, 6) is -0.0775. The smallest absolute Gasteiger partial charge is 0.308 e. The molecule has 0 saturated heterocycles. The van der Waals surface area contributed by atoms with E-state index in [0.29, 0.717) is 28.5 Å². The fourth-order valence-corrected chi connectivity index (χ4v) is 3.18. The van der Waals surface area contributed by atoms with Crippen molar-refractivity contribution in [2.75, 3.05) is 19.5 Å². The third-order valence-electron chi connectivity index (χ3n) is 4.65. The molecule has 3 aromatic rings. The van der Waals surface area contributed by atoms with E-state index in [4.69, 9.17) is 14.2 Å². The van der Waals surface area contributed by atoms with E-state index in [-0.39, 0.29) is 23.9 Å². The average Bonchev–Trinajstić information content (AvgIpc) is 2.81. The van der Waals surface area contributed by atoms with Gasteiger partial charge in [0.15, 0.2) is 0 Å². The molecule has 0 aliphatic carbocycles. The standard InChI is InChI=1S/C25H24N2O6/c1-16(28)33-20-10-5-8-18(14-20)24(29)26-15-17-7-4-9-19(13-17)27-25(30)23-21(31-2)11-6-12-22(23)32-3/h4-14H,15H2,1-3H3,(H,26,29)(H,27,30). The Balaban J connectivity index is 1.68. The molecular formula is C25H24N2O6. The lowest BCUT2D eigenvalue weighted by molar-refractivity contribution is -0.131. The molecule has 0 fully saturated rings. The highest BCUT2D eigenvalue weighted by atomic mass is 16.5. The number of benzene rings is 3. The second kappa shape index (κ2) is 10.8. The lowest BCUT2D eigenvalue weighted by Crippen LogP contribution is -2.23. The zero-order valence-corrected chi connectivity index (χ0v) is 18.5. The Kier molecular flexibility index (Phi) is 7.64. The zero-order valence-electron chi connectivity index (χ0n) is 18.5. The summed E-state index contributed by atoms with van der Waals surface area (Å²) >= 11 is 0.